The van der Waals surface area contributed by atoms with Crippen LogP contribution in [0.5, 0.6) is 0 Å². The zero-order valence-electron chi connectivity index (χ0n) is 15.7. The first-order valence-electron chi connectivity index (χ1n) is 8.54. The van der Waals surface area contributed by atoms with Crippen LogP contribution in [0.2, 0.25) is 0 Å². The molecule has 2 atom stereocenters. The fourth-order valence-corrected chi connectivity index (χ4v) is 4.56. The number of likely N-dealkylation sites (tertiary alicyclic amines) is 1. The molecule has 0 N–H and O–H groups in total. The Hall–Kier alpha value is -1.78. The molecule has 1 aliphatic rings. The van der Waals surface area contributed by atoms with Crippen LogP contribution in [0.4, 0.5) is 18.0 Å². The van der Waals surface area contributed by atoms with Crippen LogP contribution in [0.3, 0.4) is 0 Å². The maximum atomic E-state index is 15.1. The van der Waals surface area contributed by atoms with Gasteiger partial charge in [0.2, 0.25) is 15.3 Å². The summed E-state index contributed by atoms with van der Waals surface area (Å²) in [6.07, 6.45) is -2.54. The summed E-state index contributed by atoms with van der Waals surface area (Å²) in [4.78, 5) is 13.4. The van der Waals surface area contributed by atoms with Crippen molar-refractivity contribution in [1.82, 2.24) is 14.7 Å². The molecule has 0 radical (unpaired) electrons. The molecule has 1 aromatic heterocycles. The predicted octanol–water partition coefficient (Wildman–Crippen LogP) is 3.22. The molecule has 7 nitrogen and oxygen atoms in total. The number of hydrogen-bond donors (Lipinski definition) is 0. The van der Waals surface area contributed by atoms with E-state index >= 15 is 4.39 Å². The minimum absolute atomic E-state index is 0.124. The summed E-state index contributed by atoms with van der Waals surface area (Å²) in [6.45, 7) is 5.10. The van der Waals surface area contributed by atoms with Gasteiger partial charge in [0, 0.05) is 19.7 Å². The summed E-state index contributed by atoms with van der Waals surface area (Å²) in [5, 5.41) is 2.77. The third-order valence-electron chi connectivity index (χ3n) is 4.15. The van der Waals surface area contributed by atoms with E-state index in [1.807, 2.05) is 0 Å². The summed E-state index contributed by atoms with van der Waals surface area (Å²) in [5.74, 6) is 0. The van der Waals surface area contributed by atoms with Crippen molar-refractivity contribution in [2.45, 2.75) is 68.6 Å². The molecule has 1 saturated heterocycles. The molecule has 2 heterocycles. The highest BCUT2D eigenvalue weighted by atomic mass is 32.2. The number of nitrogens with zero attached hydrogens (tertiary/aromatic N) is 3. The Morgan fingerprint density at radius 3 is 2.44 bits per heavy atom. The lowest BCUT2D eigenvalue weighted by Crippen LogP contribution is -2.52. The Morgan fingerprint density at radius 1 is 1.30 bits per heavy atom. The molecule has 1 aliphatic heterocycles. The highest BCUT2D eigenvalue weighted by Gasteiger charge is 2.44. The van der Waals surface area contributed by atoms with Crippen molar-refractivity contribution in [2.75, 3.05) is 6.54 Å². The van der Waals surface area contributed by atoms with E-state index in [1.54, 1.807) is 20.8 Å². The maximum Gasteiger partial charge on any atom is 0.410 e. The summed E-state index contributed by atoms with van der Waals surface area (Å²) in [5.41, 5.74) is -4.06. The van der Waals surface area contributed by atoms with Crippen molar-refractivity contribution in [3.05, 3.63) is 11.8 Å². The average Bonchev–Trinajstić information content (AvgIpc) is 2.95. The highest BCUT2D eigenvalue weighted by Crippen LogP contribution is 2.31. The van der Waals surface area contributed by atoms with Crippen LogP contribution < -0.4 is 0 Å². The number of carbonyl (C=O) groups is 1. The normalized spacial score (nSPS) is 20.0. The van der Waals surface area contributed by atoms with Crippen molar-refractivity contribution >= 4 is 15.9 Å². The Bertz CT molecular complexity index is 789. The standard InChI is InChI=1S/C16H24F3N3O4S/c1-16(2,3)26-15(23)22-8-6-5-7-11(22)14(19)27(24,25)12-9-10(13(17)18)20-21(12)4/h9,11,13-14H,5-8H2,1-4H3. The van der Waals surface area contributed by atoms with Gasteiger partial charge in [0.15, 0.2) is 5.03 Å². The number of carbonyl (C=O) groups excluding carboxylic acids is 1. The molecule has 1 aromatic rings. The van der Waals surface area contributed by atoms with E-state index in [4.69, 9.17) is 4.74 Å². The molecule has 154 valence electrons. The van der Waals surface area contributed by atoms with Gasteiger partial charge in [0.25, 0.3) is 6.43 Å². The molecule has 0 bridgehead atoms. The van der Waals surface area contributed by atoms with Gasteiger partial charge in [-0.3, -0.25) is 4.68 Å². The van der Waals surface area contributed by atoms with Gasteiger partial charge in [-0.15, -0.1) is 0 Å². The molecular formula is C16H24F3N3O4S. The van der Waals surface area contributed by atoms with E-state index in [0.717, 1.165) is 11.9 Å². The molecule has 0 aromatic carbocycles. The SMILES string of the molecule is Cn1nc(C(F)F)cc1S(=O)(=O)C(F)C1CCCCN1C(=O)OC(C)(C)C. The molecule has 1 fully saturated rings. The molecule has 0 spiro atoms. The van der Waals surface area contributed by atoms with Gasteiger partial charge in [0.1, 0.15) is 11.3 Å². The number of ether oxygens (including phenoxy) is 1. The van der Waals surface area contributed by atoms with Crippen LogP contribution in [-0.2, 0) is 21.6 Å². The van der Waals surface area contributed by atoms with Crippen LogP contribution in [0.1, 0.15) is 52.2 Å². The zero-order chi connectivity index (χ0) is 20.6. The second-order valence-electron chi connectivity index (χ2n) is 7.46. The smallest absolute Gasteiger partial charge is 0.410 e. The molecule has 27 heavy (non-hydrogen) atoms. The topological polar surface area (TPSA) is 81.5 Å². The minimum Gasteiger partial charge on any atom is -0.444 e. The Balaban J connectivity index is 2.32. The lowest BCUT2D eigenvalue weighted by Gasteiger charge is -2.37. The van der Waals surface area contributed by atoms with Crippen molar-refractivity contribution < 1.29 is 31.1 Å². The number of amides is 1. The average molecular weight is 411 g/mol. The Labute approximate surface area is 156 Å². The van der Waals surface area contributed by atoms with Crippen molar-refractivity contribution in [2.24, 2.45) is 7.05 Å². The fourth-order valence-electron chi connectivity index (χ4n) is 2.94. The number of alkyl halides is 3. The first-order chi connectivity index (χ1) is 12.3. The van der Waals surface area contributed by atoms with Crippen molar-refractivity contribution in [3.8, 4) is 0 Å². The largest absolute Gasteiger partial charge is 0.444 e. The van der Waals surface area contributed by atoms with Crippen molar-refractivity contribution in [1.29, 1.82) is 0 Å². The number of rotatable bonds is 4. The van der Waals surface area contributed by atoms with Crippen LogP contribution in [0, 0.1) is 0 Å². The number of hydrogen-bond acceptors (Lipinski definition) is 5. The van der Waals surface area contributed by atoms with Crippen LogP contribution >= 0.6 is 0 Å². The summed E-state index contributed by atoms with van der Waals surface area (Å²) < 4.78 is 72.0. The molecule has 11 heteroatoms. The van der Waals surface area contributed by atoms with Gasteiger partial charge in [-0.05, 0) is 40.0 Å². The molecule has 2 rings (SSSR count). The lowest BCUT2D eigenvalue weighted by molar-refractivity contribution is 0.00402. The summed E-state index contributed by atoms with van der Waals surface area (Å²) in [6, 6.07) is -0.601. The van der Waals surface area contributed by atoms with E-state index < -0.39 is 50.2 Å². The molecule has 0 saturated carbocycles. The summed E-state index contributed by atoms with van der Waals surface area (Å²) in [7, 11) is -3.49. The quantitative estimate of drug-likeness (QED) is 0.760. The number of aryl methyl sites for hydroxylation is 1. The van der Waals surface area contributed by atoms with Gasteiger partial charge in [-0.2, -0.15) is 5.10 Å². The van der Waals surface area contributed by atoms with Gasteiger partial charge >= 0.3 is 6.09 Å². The van der Waals surface area contributed by atoms with Crippen LogP contribution in [0.15, 0.2) is 11.1 Å². The van der Waals surface area contributed by atoms with Gasteiger partial charge in [0.05, 0.1) is 6.04 Å². The second-order valence-corrected chi connectivity index (χ2v) is 9.42. The maximum absolute atomic E-state index is 15.1. The zero-order valence-corrected chi connectivity index (χ0v) is 16.5. The van der Waals surface area contributed by atoms with Crippen molar-refractivity contribution in [3.63, 3.8) is 0 Å². The van der Waals surface area contributed by atoms with Gasteiger partial charge in [-0.1, -0.05) is 0 Å². The molecule has 0 aliphatic carbocycles. The van der Waals surface area contributed by atoms with E-state index in [-0.39, 0.29) is 13.0 Å². The van der Waals surface area contributed by atoms with Crippen LogP contribution in [0.25, 0.3) is 0 Å². The lowest BCUT2D eigenvalue weighted by atomic mass is 10.0. The second kappa shape index (κ2) is 7.69. The van der Waals surface area contributed by atoms with E-state index in [2.05, 4.69) is 5.10 Å². The predicted molar refractivity (Wildman–Crippen MR) is 90.8 cm³/mol. The van der Waals surface area contributed by atoms with E-state index in [0.29, 0.717) is 23.6 Å². The number of piperidine rings is 1. The molecule has 1 amide bonds. The fraction of sp³-hybridized carbons (Fsp3) is 0.750. The Kier molecular flexibility index (Phi) is 6.13. The number of halogens is 3. The first-order valence-corrected chi connectivity index (χ1v) is 10.1. The molecule has 2 unspecified atom stereocenters. The third kappa shape index (κ3) is 4.74. The molecular weight excluding hydrogens is 387 g/mol. The third-order valence-corrected chi connectivity index (χ3v) is 6.02. The van der Waals surface area contributed by atoms with E-state index in [1.165, 1.54) is 0 Å². The minimum atomic E-state index is -4.64. The first kappa shape index (κ1) is 21.5. The highest BCUT2D eigenvalue weighted by molar-refractivity contribution is 7.91. The number of aromatic nitrogens is 2. The Morgan fingerprint density at radius 2 is 1.93 bits per heavy atom. The number of sulfone groups is 1. The van der Waals surface area contributed by atoms with Crippen LogP contribution in [-0.4, -0.2) is 52.9 Å². The summed E-state index contributed by atoms with van der Waals surface area (Å²) >= 11 is 0. The van der Waals surface area contributed by atoms with Gasteiger partial charge in [-0.25, -0.2) is 26.4 Å². The monoisotopic (exact) mass is 411 g/mol. The van der Waals surface area contributed by atoms with E-state index in [9.17, 15) is 22.0 Å². The van der Waals surface area contributed by atoms with Gasteiger partial charge < -0.3 is 9.64 Å².